The van der Waals surface area contributed by atoms with Crippen LogP contribution in [-0.4, -0.2) is 25.0 Å². The molecule has 3 aromatic carbocycles. The van der Waals surface area contributed by atoms with Gasteiger partial charge in [0.25, 0.3) is 0 Å². The standard InChI is InChI=1S/C25H28N2O2/c1-18-14-15-19(2)22(16-18)26-25(28)24(20-10-6-5-7-11-20)27(3)17-21-12-8-9-13-23(21)29-4/h5-16,24H,17H2,1-4H3,(H,26,28)/t24-/m0/s1. The number of likely N-dealkylation sites (N-methyl/N-ethyl adjacent to an activating group) is 1. The number of para-hydroxylation sites is 1. The Morgan fingerprint density at radius 3 is 2.41 bits per heavy atom. The molecule has 0 saturated heterocycles. The minimum atomic E-state index is -0.430. The van der Waals surface area contributed by atoms with E-state index < -0.39 is 6.04 Å². The Labute approximate surface area is 173 Å². The van der Waals surface area contributed by atoms with E-state index >= 15 is 0 Å². The van der Waals surface area contributed by atoms with Gasteiger partial charge in [-0.05, 0) is 49.7 Å². The lowest BCUT2D eigenvalue weighted by Gasteiger charge is -2.28. The molecule has 0 saturated carbocycles. The molecular formula is C25H28N2O2. The molecule has 1 atom stereocenters. The van der Waals surface area contributed by atoms with Crippen LogP contribution < -0.4 is 10.1 Å². The Morgan fingerprint density at radius 1 is 1.00 bits per heavy atom. The van der Waals surface area contributed by atoms with Crippen LogP contribution in [0, 0.1) is 13.8 Å². The molecule has 0 bridgehead atoms. The summed E-state index contributed by atoms with van der Waals surface area (Å²) >= 11 is 0. The molecule has 29 heavy (non-hydrogen) atoms. The van der Waals surface area contributed by atoms with Crippen LogP contribution in [0.4, 0.5) is 5.69 Å². The van der Waals surface area contributed by atoms with Gasteiger partial charge in [0, 0.05) is 17.8 Å². The van der Waals surface area contributed by atoms with E-state index in [1.807, 2.05) is 98.6 Å². The number of anilines is 1. The van der Waals surface area contributed by atoms with Gasteiger partial charge >= 0.3 is 0 Å². The van der Waals surface area contributed by atoms with E-state index in [1.54, 1.807) is 7.11 Å². The average molecular weight is 389 g/mol. The highest BCUT2D eigenvalue weighted by molar-refractivity contribution is 5.96. The van der Waals surface area contributed by atoms with Gasteiger partial charge in [-0.1, -0.05) is 60.7 Å². The van der Waals surface area contributed by atoms with Gasteiger partial charge in [0.2, 0.25) is 5.91 Å². The number of methoxy groups -OCH3 is 1. The molecule has 3 rings (SSSR count). The van der Waals surface area contributed by atoms with Crippen LogP contribution >= 0.6 is 0 Å². The summed E-state index contributed by atoms with van der Waals surface area (Å²) in [6.45, 7) is 4.62. The molecule has 0 unspecified atom stereocenters. The van der Waals surface area contributed by atoms with Crippen molar-refractivity contribution >= 4 is 11.6 Å². The minimum Gasteiger partial charge on any atom is -0.496 e. The lowest BCUT2D eigenvalue weighted by molar-refractivity contribution is -0.121. The maximum atomic E-state index is 13.4. The summed E-state index contributed by atoms with van der Waals surface area (Å²) in [6.07, 6.45) is 0. The average Bonchev–Trinajstić information content (AvgIpc) is 2.72. The Hall–Kier alpha value is -3.11. The summed E-state index contributed by atoms with van der Waals surface area (Å²) in [5, 5.41) is 3.13. The van der Waals surface area contributed by atoms with Crippen molar-refractivity contribution in [2.75, 3.05) is 19.5 Å². The van der Waals surface area contributed by atoms with Crippen LogP contribution in [0.5, 0.6) is 5.75 Å². The second-order valence-corrected chi connectivity index (χ2v) is 7.35. The number of nitrogens with one attached hydrogen (secondary N) is 1. The Morgan fingerprint density at radius 2 is 1.69 bits per heavy atom. The summed E-state index contributed by atoms with van der Waals surface area (Å²) in [6, 6.07) is 23.4. The summed E-state index contributed by atoms with van der Waals surface area (Å²) in [7, 11) is 3.63. The van der Waals surface area contributed by atoms with Crippen LogP contribution in [0.15, 0.2) is 72.8 Å². The third-order valence-corrected chi connectivity index (χ3v) is 5.07. The molecule has 4 heteroatoms. The molecule has 0 fully saturated rings. The van der Waals surface area contributed by atoms with E-state index in [0.29, 0.717) is 6.54 Å². The molecule has 0 heterocycles. The molecule has 150 valence electrons. The lowest BCUT2D eigenvalue weighted by Crippen LogP contribution is -2.34. The summed E-state index contributed by atoms with van der Waals surface area (Å²) in [5.74, 6) is 0.767. The van der Waals surface area contributed by atoms with Gasteiger partial charge in [-0.25, -0.2) is 0 Å². The Kier molecular flexibility index (Phi) is 6.68. The van der Waals surface area contributed by atoms with Crippen molar-refractivity contribution in [3.8, 4) is 5.75 Å². The normalized spacial score (nSPS) is 11.9. The molecule has 3 aromatic rings. The number of ether oxygens (including phenoxy) is 1. The number of nitrogens with zero attached hydrogens (tertiary/aromatic N) is 1. The van der Waals surface area contributed by atoms with Crippen molar-refractivity contribution in [2.24, 2.45) is 0 Å². The fourth-order valence-corrected chi connectivity index (χ4v) is 3.51. The maximum absolute atomic E-state index is 13.4. The minimum absolute atomic E-state index is 0.0534. The highest BCUT2D eigenvalue weighted by Gasteiger charge is 2.26. The van der Waals surface area contributed by atoms with Crippen LogP contribution in [0.2, 0.25) is 0 Å². The van der Waals surface area contributed by atoms with E-state index in [0.717, 1.165) is 33.7 Å². The molecule has 0 radical (unpaired) electrons. The van der Waals surface area contributed by atoms with Crippen LogP contribution in [0.1, 0.15) is 28.3 Å². The lowest BCUT2D eigenvalue weighted by atomic mass is 10.0. The quantitative estimate of drug-likeness (QED) is 0.610. The highest BCUT2D eigenvalue weighted by atomic mass is 16.5. The van der Waals surface area contributed by atoms with Crippen molar-refractivity contribution in [1.82, 2.24) is 4.90 Å². The molecule has 4 nitrogen and oxygen atoms in total. The molecular weight excluding hydrogens is 360 g/mol. The second kappa shape index (κ2) is 9.39. The van der Waals surface area contributed by atoms with Gasteiger partial charge in [0.15, 0.2) is 0 Å². The number of amides is 1. The van der Waals surface area contributed by atoms with Gasteiger partial charge in [0.05, 0.1) is 7.11 Å². The van der Waals surface area contributed by atoms with Crippen molar-refractivity contribution in [1.29, 1.82) is 0 Å². The molecule has 1 amide bonds. The number of benzene rings is 3. The molecule has 0 spiro atoms. The van der Waals surface area contributed by atoms with Crippen LogP contribution in [0.25, 0.3) is 0 Å². The van der Waals surface area contributed by atoms with Crippen molar-refractivity contribution in [3.63, 3.8) is 0 Å². The first-order valence-electron chi connectivity index (χ1n) is 9.75. The third kappa shape index (κ3) is 5.04. The second-order valence-electron chi connectivity index (χ2n) is 7.35. The first kappa shape index (κ1) is 20.6. The summed E-state index contributed by atoms with van der Waals surface area (Å²) in [4.78, 5) is 15.4. The zero-order chi connectivity index (χ0) is 20.8. The fourth-order valence-electron chi connectivity index (χ4n) is 3.51. The van der Waals surface area contributed by atoms with Crippen molar-refractivity contribution in [3.05, 3.63) is 95.1 Å². The first-order valence-corrected chi connectivity index (χ1v) is 9.75. The predicted molar refractivity (Wildman–Crippen MR) is 118 cm³/mol. The monoisotopic (exact) mass is 388 g/mol. The van der Waals surface area contributed by atoms with Gasteiger partial charge < -0.3 is 10.1 Å². The number of carbonyl (C=O) groups is 1. The van der Waals surface area contributed by atoms with Crippen LogP contribution in [-0.2, 0) is 11.3 Å². The van der Waals surface area contributed by atoms with Crippen molar-refractivity contribution in [2.45, 2.75) is 26.4 Å². The van der Waals surface area contributed by atoms with E-state index in [4.69, 9.17) is 4.74 Å². The Balaban J connectivity index is 1.90. The van der Waals surface area contributed by atoms with E-state index in [1.165, 1.54) is 0 Å². The van der Waals surface area contributed by atoms with Gasteiger partial charge in [-0.15, -0.1) is 0 Å². The van der Waals surface area contributed by atoms with Crippen LogP contribution in [0.3, 0.4) is 0 Å². The zero-order valence-corrected chi connectivity index (χ0v) is 17.5. The fraction of sp³-hybridized carbons (Fsp3) is 0.240. The number of hydrogen-bond acceptors (Lipinski definition) is 3. The van der Waals surface area contributed by atoms with E-state index in [9.17, 15) is 4.79 Å². The first-order chi connectivity index (χ1) is 14.0. The highest BCUT2D eigenvalue weighted by Crippen LogP contribution is 2.27. The molecule has 0 aliphatic rings. The predicted octanol–water partition coefficient (Wildman–Crippen LogP) is 5.12. The topological polar surface area (TPSA) is 41.6 Å². The Bertz CT molecular complexity index is 970. The SMILES string of the molecule is COc1ccccc1CN(C)[C@H](C(=O)Nc1cc(C)ccc1C)c1ccccc1. The van der Waals surface area contributed by atoms with Gasteiger partial charge in [-0.2, -0.15) is 0 Å². The van der Waals surface area contributed by atoms with Gasteiger partial charge in [0.1, 0.15) is 11.8 Å². The number of aryl methyl sites for hydroxylation is 2. The summed E-state index contributed by atoms with van der Waals surface area (Å²) in [5.41, 5.74) is 5.00. The number of carbonyl (C=O) groups excluding carboxylic acids is 1. The maximum Gasteiger partial charge on any atom is 0.246 e. The molecule has 0 aliphatic carbocycles. The van der Waals surface area contributed by atoms with E-state index in [-0.39, 0.29) is 5.91 Å². The summed E-state index contributed by atoms with van der Waals surface area (Å²) < 4.78 is 5.49. The number of hydrogen-bond donors (Lipinski definition) is 1. The van der Waals surface area contributed by atoms with Gasteiger partial charge in [-0.3, -0.25) is 9.69 Å². The van der Waals surface area contributed by atoms with E-state index in [2.05, 4.69) is 5.32 Å². The zero-order valence-electron chi connectivity index (χ0n) is 17.5. The molecule has 0 aliphatic heterocycles. The largest absolute Gasteiger partial charge is 0.496 e. The third-order valence-electron chi connectivity index (χ3n) is 5.07. The molecule has 1 N–H and O–H groups in total. The molecule has 0 aromatic heterocycles. The smallest absolute Gasteiger partial charge is 0.246 e. The van der Waals surface area contributed by atoms with Crippen molar-refractivity contribution < 1.29 is 9.53 Å². The number of rotatable bonds is 7.